The Morgan fingerprint density at radius 2 is 2.11 bits per heavy atom. The molecule has 1 unspecified atom stereocenters. The smallest absolute Gasteiger partial charge is 0.244 e. The number of fused-ring (bicyclic) bond motifs is 2. The molecule has 28 heavy (non-hydrogen) atoms. The Bertz CT molecular complexity index is 1000. The van der Waals surface area contributed by atoms with Gasteiger partial charge >= 0.3 is 0 Å². The highest BCUT2D eigenvalue weighted by molar-refractivity contribution is 5.69. The van der Waals surface area contributed by atoms with Gasteiger partial charge < -0.3 is 29.4 Å². The molecule has 2 aliphatic rings. The number of hydrogen-bond donors (Lipinski definition) is 2. The van der Waals surface area contributed by atoms with Crippen molar-refractivity contribution in [3.05, 3.63) is 34.3 Å². The van der Waals surface area contributed by atoms with E-state index in [1.807, 2.05) is 0 Å². The molecule has 9 nitrogen and oxygen atoms in total. The van der Waals surface area contributed by atoms with Crippen LogP contribution < -0.4 is 29.4 Å². The Labute approximate surface area is 161 Å². The zero-order valence-electron chi connectivity index (χ0n) is 15.8. The third-order valence-corrected chi connectivity index (χ3v) is 4.84. The van der Waals surface area contributed by atoms with E-state index in [0.29, 0.717) is 34.4 Å². The van der Waals surface area contributed by atoms with Crippen molar-refractivity contribution in [2.24, 2.45) is 5.73 Å². The Morgan fingerprint density at radius 3 is 2.79 bits per heavy atom. The number of allylic oxidation sites excluding steroid dienone is 1. The molecule has 1 atom stereocenters. The van der Waals surface area contributed by atoms with Crippen molar-refractivity contribution in [2.75, 3.05) is 21.0 Å². The first-order valence-corrected chi connectivity index (χ1v) is 8.83. The lowest BCUT2D eigenvalue weighted by molar-refractivity contribution is 0.168. The van der Waals surface area contributed by atoms with Crippen LogP contribution in [0.3, 0.4) is 0 Å². The Hall–Kier alpha value is -3.54. The SMILES string of the molecule is CCCc1[nH]nc2c1C(c1cc(OC)c3c(c1OC)OCO3)C(C#N)=C(N)O2. The molecule has 3 heterocycles. The van der Waals surface area contributed by atoms with Crippen LogP contribution in [0.5, 0.6) is 28.9 Å². The highest BCUT2D eigenvalue weighted by atomic mass is 16.7. The van der Waals surface area contributed by atoms with Crippen LogP contribution in [-0.2, 0) is 6.42 Å². The van der Waals surface area contributed by atoms with Crippen molar-refractivity contribution in [2.45, 2.75) is 25.7 Å². The van der Waals surface area contributed by atoms with Gasteiger partial charge in [-0.25, -0.2) is 0 Å². The van der Waals surface area contributed by atoms with E-state index < -0.39 is 5.92 Å². The molecule has 0 saturated heterocycles. The normalized spacial score (nSPS) is 17.0. The molecule has 0 saturated carbocycles. The molecular formula is C19H20N4O5. The number of H-pyrrole nitrogens is 1. The first-order chi connectivity index (χ1) is 13.6. The lowest BCUT2D eigenvalue weighted by atomic mass is 9.82. The summed E-state index contributed by atoms with van der Waals surface area (Å²) in [4.78, 5) is 0. The number of nitrogens with one attached hydrogen (secondary N) is 1. The van der Waals surface area contributed by atoms with Crippen LogP contribution >= 0.6 is 0 Å². The van der Waals surface area contributed by atoms with Crippen molar-refractivity contribution >= 4 is 0 Å². The first kappa shape index (κ1) is 17.9. The number of ether oxygens (including phenoxy) is 5. The zero-order valence-corrected chi connectivity index (χ0v) is 15.8. The van der Waals surface area contributed by atoms with Gasteiger partial charge in [0.1, 0.15) is 11.6 Å². The van der Waals surface area contributed by atoms with Gasteiger partial charge in [0, 0.05) is 11.3 Å². The predicted octanol–water partition coefficient (Wildman–Crippen LogP) is 2.33. The number of aromatic amines is 1. The van der Waals surface area contributed by atoms with E-state index in [0.717, 1.165) is 24.1 Å². The summed E-state index contributed by atoms with van der Waals surface area (Å²) in [6.07, 6.45) is 1.63. The first-order valence-electron chi connectivity index (χ1n) is 8.83. The third kappa shape index (κ3) is 2.49. The maximum atomic E-state index is 9.83. The van der Waals surface area contributed by atoms with Crippen LogP contribution in [0.25, 0.3) is 0 Å². The number of nitrogens with zero attached hydrogens (tertiary/aromatic N) is 2. The van der Waals surface area contributed by atoms with Gasteiger partial charge in [-0.2, -0.15) is 5.26 Å². The topological polar surface area (TPSA) is 125 Å². The number of aryl methyl sites for hydroxylation is 1. The molecule has 2 aliphatic heterocycles. The van der Waals surface area contributed by atoms with Crippen LogP contribution in [0.4, 0.5) is 0 Å². The standard InChI is InChI=1S/C19H20N4O5/c1-4-5-11-14-13(10(7-20)18(21)28-19(14)23-22-11)9-6-12(24-2)16-17(15(9)25-3)27-8-26-16/h6,13H,4-5,8,21H2,1-3H3,(H,22,23). The Balaban J connectivity index is 2.01. The van der Waals surface area contributed by atoms with Crippen LogP contribution in [0.2, 0.25) is 0 Å². The summed E-state index contributed by atoms with van der Waals surface area (Å²) in [5.74, 6) is 1.64. The number of aromatic nitrogens is 2. The van der Waals surface area contributed by atoms with Crippen LogP contribution in [0.1, 0.15) is 36.1 Å². The molecule has 0 bridgehead atoms. The average molecular weight is 384 g/mol. The van der Waals surface area contributed by atoms with Gasteiger partial charge in [0.2, 0.25) is 30.1 Å². The second-order valence-corrected chi connectivity index (χ2v) is 6.36. The summed E-state index contributed by atoms with van der Waals surface area (Å²) >= 11 is 0. The quantitative estimate of drug-likeness (QED) is 0.805. The van der Waals surface area contributed by atoms with E-state index in [4.69, 9.17) is 29.4 Å². The summed E-state index contributed by atoms with van der Waals surface area (Å²) < 4.78 is 27.9. The average Bonchev–Trinajstić information content (AvgIpc) is 3.33. The molecule has 3 N–H and O–H groups in total. The number of nitrogens with two attached hydrogens (primary N) is 1. The predicted molar refractivity (Wildman–Crippen MR) is 97.5 cm³/mol. The van der Waals surface area contributed by atoms with Gasteiger partial charge in [-0.05, 0) is 12.5 Å². The van der Waals surface area contributed by atoms with Gasteiger partial charge in [0.15, 0.2) is 11.5 Å². The molecule has 0 fully saturated rings. The molecule has 1 aromatic carbocycles. The van der Waals surface area contributed by atoms with Crippen LogP contribution in [0.15, 0.2) is 17.5 Å². The number of nitriles is 1. The van der Waals surface area contributed by atoms with E-state index in [-0.39, 0.29) is 18.2 Å². The molecule has 146 valence electrons. The zero-order chi connectivity index (χ0) is 19.8. The lowest BCUT2D eigenvalue weighted by Crippen LogP contribution is -2.21. The summed E-state index contributed by atoms with van der Waals surface area (Å²) in [5, 5.41) is 17.1. The van der Waals surface area contributed by atoms with Gasteiger partial charge in [-0.1, -0.05) is 13.3 Å². The molecule has 1 aromatic heterocycles. The van der Waals surface area contributed by atoms with Crippen molar-refractivity contribution < 1.29 is 23.7 Å². The molecular weight excluding hydrogens is 364 g/mol. The van der Waals surface area contributed by atoms with Gasteiger partial charge in [-0.15, -0.1) is 5.10 Å². The van der Waals surface area contributed by atoms with Crippen molar-refractivity contribution in [1.29, 1.82) is 5.26 Å². The van der Waals surface area contributed by atoms with Crippen LogP contribution in [-0.4, -0.2) is 31.2 Å². The second kappa shape index (κ2) is 6.88. The Kier molecular flexibility index (Phi) is 4.39. The minimum Gasteiger partial charge on any atom is -0.493 e. The largest absolute Gasteiger partial charge is 0.493 e. The number of rotatable bonds is 5. The lowest BCUT2D eigenvalue weighted by Gasteiger charge is -2.26. The van der Waals surface area contributed by atoms with Gasteiger partial charge in [0.05, 0.1) is 25.7 Å². The fourth-order valence-corrected chi connectivity index (χ4v) is 3.67. The van der Waals surface area contributed by atoms with Crippen LogP contribution in [0, 0.1) is 11.3 Å². The van der Waals surface area contributed by atoms with Crippen molar-refractivity contribution in [3.63, 3.8) is 0 Å². The van der Waals surface area contributed by atoms with E-state index in [9.17, 15) is 5.26 Å². The van der Waals surface area contributed by atoms with Crippen molar-refractivity contribution in [3.8, 4) is 34.9 Å². The molecule has 0 spiro atoms. The monoisotopic (exact) mass is 384 g/mol. The van der Waals surface area contributed by atoms with Gasteiger partial charge in [-0.3, -0.25) is 5.10 Å². The maximum Gasteiger partial charge on any atom is 0.244 e. The molecule has 4 rings (SSSR count). The number of methoxy groups -OCH3 is 2. The van der Waals surface area contributed by atoms with E-state index in [2.05, 4.69) is 23.2 Å². The van der Waals surface area contributed by atoms with Crippen molar-refractivity contribution in [1.82, 2.24) is 10.2 Å². The molecule has 9 heteroatoms. The fraction of sp³-hybridized carbons (Fsp3) is 0.368. The maximum absolute atomic E-state index is 9.83. The number of hydrogen-bond acceptors (Lipinski definition) is 8. The van der Waals surface area contributed by atoms with E-state index >= 15 is 0 Å². The van der Waals surface area contributed by atoms with E-state index in [1.54, 1.807) is 13.2 Å². The molecule has 0 radical (unpaired) electrons. The Morgan fingerprint density at radius 1 is 1.32 bits per heavy atom. The number of benzene rings is 1. The minimum atomic E-state index is -0.549. The highest BCUT2D eigenvalue weighted by Gasteiger charge is 2.39. The summed E-state index contributed by atoms with van der Waals surface area (Å²) in [6.45, 7) is 2.12. The van der Waals surface area contributed by atoms with E-state index in [1.165, 1.54) is 7.11 Å². The summed E-state index contributed by atoms with van der Waals surface area (Å²) in [6, 6.07) is 3.96. The molecule has 0 amide bonds. The third-order valence-electron chi connectivity index (χ3n) is 4.84. The summed E-state index contributed by atoms with van der Waals surface area (Å²) in [7, 11) is 3.08. The minimum absolute atomic E-state index is 0.00763. The summed E-state index contributed by atoms with van der Waals surface area (Å²) in [5.41, 5.74) is 8.60. The fourth-order valence-electron chi connectivity index (χ4n) is 3.67. The second-order valence-electron chi connectivity index (χ2n) is 6.36. The molecule has 2 aromatic rings. The van der Waals surface area contributed by atoms with Gasteiger partial charge in [0.25, 0.3) is 0 Å². The molecule has 0 aliphatic carbocycles. The highest BCUT2D eigenvalue weighted by Crippen LogP contribution is 2.55.